The van der Waals surface area contributed by atoms with Crippen molar-refractivity contribution in [2.75, 3.05) is 5.32 Å². The van der Waals surface area contributed by atoms with E-state index in [-0.39, 0.29) is 6.10 Å². The molecule has 1 fully saturated rings. The molecule has 1 saturated carbocycles. The summed E-state index contributed by atoms with van der Waals surface area (Å²) in [5.41, 5.74) is 1.44. The van der Waals surface area contributed by atoms with E-state index in [4.69, 9.17) is 33.5 Å². The summed E-state index contributed by atoms with van der Waals surface area (Å²) in [5, 5.41) is 15.4. The van der Waals surface area contributed by atoms with Gasteiger partial charge in [-0.2, -0.15) is 10.2 Å². The molecule has 3 heterocycles. The van der Waals surface area contributed by atoms with Crippen molar-refractivity contribution < 1.29 is 4.74 Å². The number of H-pyrrole nitrogens is 1. The summed E-state index contributed by atoms with van der Waals surface area (Å²) in [6.07, 6.45) is 5.29. The lowest BCUT2D eigenvalue weighted by Gasteiger charge is -2.33. The Hall–Kier alpha value is -2.89. The largest absolute Gasteiger partial charge is 0.472 e. The Bertz CT molecular complexity index is 1030. The number of hydrogen-bond acceptors (Lipinski definition) is 6. The van der Waals surface area contributed by atoms with Gasteiger partial charge < -0.3 is 15.0 Å². The highest BCUT2D eigenvalue weighted by Gasteiger charge is 2.31. The zero-order valence-electron chi connectivity index (χ0n) is 14.7. The predicted octanol–water partition coefficient (Wildman–Crippen LogP) is 1.02. The lowest BCUT2D eigenvalue weighted by atomic mass is 9.49. The van der Waals surface area contributed by atoms with Crippen molar-refractivity contribution >= 4 is 46.2 Å². The molecule has 2 atom stereocenters. The molecule has 4 rings (SSSR count). The highest BCUT2D eigenvalue weighted by atomic mass is 16.5. The van der Waals surface area contributed by atoms with Gasteiger partial charge in [0, 0.05) is 11.6 Å². The second-order valence-corrected chi connectivity index (χ2v) is 6.81. The summed E-state index contributed by atoms with van der Waals surface area (Å²) in [4.78, 5) is 11.5. The van der Waals surface area contributed by atoms with Crippen LogP contribution in [0.2, 0.25) is 0 Å². The molecule has 6 radical (unpaired) electrons. The van der Waals surface area contributed by atoms with E-state index in [1.165, 1.54) is 4.68 Å². The molecule has 27 heavy (non-hydrogen) atoms. The molecule has 2 N–H and O–H groups in total. The van der Waals surface area contributed by atoms with Gasteiger partial charge in [0.05, 0.1) is 29.7 Å². The lowest BCUT2D eigenvalue weighted by molar-refractivity contribution is 0.0535. The fraction of sp³-hybridized carbons (Fsp3) is 0.375. The molecule has 2 unspecified atom stereocenters. The molecule has 3 aromatic rings. The first kappa shape index (κ1) is 17.5. The number of hydrogen-bond donors (Lipinski definition) is 2. The van der Waals surface area contributed by atoms with Gasteiger partial charge in [-0.15, -0.1) is 5.10 Å². The van der Waals surface area contributed by atoms with Gasteiger partial charge in [0.1, 0.15) is 29.2 Å². The minimum atomic E-state index is -1.67. The Morgan fingerprint density at radius 2 is 2.22 bits per heavy atom. The quantitative estimate of drug-likeness (QED) is 0.664. The molecule has 0 aliphatic heterocycles. The van der Waals surface area contributed by atoms with E-state index in [0.29, 0.717) is 34.8 Å². The Kier molecular flexibility index (Phi) is 4.14. The van der Waals surface area contributed by atoms with Gasteiger partial charge in [-0.05, 0) is 30.1 Å². The number of fused-ring (bicyclic) bond motifs is 1. The number of nitrogens with zero attached hydrogens (tertiary/aromatic N) is 5. The summed E-state index contributed by atoms with van der Waals surface area (Å²) in [6.45, 7) is 2.12. The van der Waals surface area contributed by atoms with Gasteiger partial charge >= 0.3 is 0 Å². The third kappa shape index (κ3) is 3.39. The minimum absolute atomic E-state index is 0.0709. The van der Waals surface area contributed by atoms with Crippen LogP contribution in [0, 0.1) is 17.2 Å². The second kappa shape index (κ2) is 6.37. The van der Waals surface area contributed by atoms with Crippen LogP contribution in [0.5, 0.6) is 5.88 Å². The number of ether oxygens (including phenoxy) is 1. The monoisotopic (exact) mass is 353 g/mol. The zero-order chi connectivity index (χ0) is 19.2. The first-order valence-electron chi connectivity index (χ1n) is 8.50. The highest BCUT2D eigenvalue weighted by Crippen LogP contribution is 2.34. The van der Waals surface area contributed by atoms with E-state index in [9.17, 15) is 0 Å². The van der Waals surface area contributed by atoms with E-state index in [1.807, 2.05) is 6.07 Å². The van der Waals surface area contributed by atoms with Crippen LogP contribution in [0.4, 0.5) is 11.6 Å². The number of nitriles is 1. The van der Waals surface area contributed by atoms with E-state index in [0.717, 1.165) is 18.2 Å². The summed E-state index contributed by atoms with van der Waals surface area (Å²) >= 11 is 0. The average Bonchev–Trinajstić information content (AvgIpc) is 3.21. The minimum Gasteiger partial charge on any atom is -0.472 e. The van der Waals surface area contributed by atoms with E-state index < -0.39 is 5.24 Å². The van der Waals surface area contributed by atoms with Crippen LogP contribution in [-0.2, 0) is 5.24 Å². The van der Waals surface area contributed by atoms with E-state index >= 15 is 0 Å². The van der Waals surface area contributed by atoms with Gasteiger partial charge in [0.25, 0.3) is 5.88 Å². The molecule has 11 heteroatoms. The van der Waals surface area contributed by atoms with Crippen LogP contribution >= 0.6 is 0 Å². The molecule has 1 aliphatic carbocycles. The molecule has 0 saturated heterocycles. The third-order valence-electron chi connectivity index (χ3n) is 4.62. The molecular formula is C16H14B3N7O. The first-order chi connectivity index (χ1) is 12.8. The summed E-state index contributed by atoms with van der Waals surface area (Å²) < 4.78 is 7.20. The van der Waals surface area contributed by atoms with Crippen molar-refractivity contribution in [2.45, 2.75) is 31.1 Å². The van der Waals surface area contributed by atoms with Gasteiger partial charge in [-0.3, -0.25) is 4.68 Å². The van der Waals surface area contributed by atoms with Gasteiger partial charge in [0.15, 0.2) is 0 Å². The first-order valence-corrected chi connectivity index (χ1v) is 8.50. The fourth-order valence-electron chi connectivity index (χ4n) is 2.84. The van der Waals surface area contributed by atoms with E-state index in [2.05, 4.69) is 32.3 Å². The Morgan fingerprint density at radius 3 is 2.85 bits per heavy atom. The van der Waals surface area contributed by atoms with Crippen LogP contribution in [0.15, 0.2) is 18.5 Å². The van der Waals surface area contributed by atoms with Crippen LogP contribution in [0.1, 0.15) is 25.5 Å². The molecule has 3 aromatic heterocycles. The Labute approximate surface area is 159 Å². The van der Waals surface area contributed by atoms with Crippen molar-refractivity contribution in [2.24, 2.45) is 5.92 Å². The number of aromatic nitrogens is 5. The SMILES string of the molecule is [B]C([B])([B])n1cc(Nc2ncc3cc(C#N)[nH]c3n2)c(OC2CCC2C)n1. The van der Waals surface area contributed by atoms with Gasteiger partial charge in [-0.25, -0.2) is 4.98 Å². The molecule has 0 aromatic carbocycles. The maximum absolute atomic E-state index is 8.98. The Morgan fingerprint density at radius 1 is 1.41 bits per heavy atom. The topological polar surface area (TPSA) is 104 Å². The molecule has 128 valence electrons. The summed E-state index contributed by atoms with van der Waals surface area (Å²) in [6, 6.07) is 3.71. The number of rotatable bonds is 5. The molecule has 0 spiro atoms. The van der Waals surface area contributed by atoms with Crippen LogP contribution in [-0.4, -0.2) is 54.4 Å². The standard InChI is InChI=1S/C16H14B3N7O/c1-8-2-3-12(8)27-14-11(7-26(25-14)16(17,18)19)23-15-21-6-9-4-10(5-20)22-13(9)24-15/h4,6-8,12H,2-3H2,1H3,(H2,21,22,23,24). The van der Waals surface area contributed by atoms with Crippen LogP contribution < -0.4 is 10.1 Å². The van der Waals surface area contributed by atoms with Gasteiger partial charge in [-0.1, -0.05) is 6.92 Å². The number of nitrogens with one attached hydrogen (secondary N) is 2. The summed E-state index contributed by atoms with van der Waals surface area (Å²) in [7, 11) is 17.2. The van der Waals surface area contributed by atoms with Crippen molar-refractivity contribution in [3.05, 3.63) is 24.2 Å². The maximum Gasteiger partial charge on any atom is 0.257 e. The second-order valence-electron chi connectivity index (χ2n) is 6.81. The number of aromatic amines is 1. The molecule has 8 nitrogen and oxygen atoms in total. The normalized spacial score (nSPS) is 19.4. The molecule has 0 amide bonds. The van der Waals surface area contributed by atoms with Crippen molar-refractivity contribution in [3.63, 3.8) is 0 Å². The average molecular weight is 353 g/mol. The molecule has 1 aliphatic rings. The molecular weight excluding hydrogens is 339 g/mol. The van der Waals surface area contributed by atoms with Crippen molar-refractivity contribution in [1.29, 1.82) is 5.26 Å². The third-order valence-corrected chi connectivity index (χ3v) is 4.62. The number of anilines is 2. The summed E-state index contributed by atoms with van der Waals surface area (Å²) in [5.74, 6) is 1.07. The maximum atomic E-state index is 8.98. The Balaban J connectivity index is 1.65. The smallest absolute Gasteiger partial charge is 0.257 e. The van der Waals surface area contributed by atoms with Crippen LogP contribution in [0.3, 0.4) is 0 Å². The van der Waals surface area contributed by atoms with E-state index in [1.54, 1.807) is 18.5 Å². The van der Waals surface area contributed by atoms with Gasteiger partial charge in [0.2, 0.25) is 5.95 Å². The fourth-order valence-corrected chi connectivity index (χ4v) is 2.84. The lowest BCUT2D eigenvalue weighted by Crippen LogP contribution is -2.36. The highest BCUT2D eigenvalue weighted by molar-refractivity contribution is 6.56. The predicted molar refractivity (Wildman–Crippen MR) is 102 cm³/mol. The van der Waals surface area contributed by atoms with Crippen molar-refractivity contribution in [1.82, 2.24) is 24.7 Å². The molecule has 0 bridgehead atoms. The van der Waals surface area contributed by atoms with Crippen molar-refractivity contribution in [3.8, 4) is 11.9 Å². The van der Waals surface area contributed by atoms with Crippen LogP contribution in [0.25, 0.3) is 11.0 Å². The zero-order valence-corrected chi connectivity index (χ0v) is 14.7.